The molecule has 7 rings (SSSR count). The molecule has 0 aromatic carbocycles. The highest BCUT2D eigenvalue weighted by Gasteiger charge is 2.53. The Morgan fingerprint density at radius 1 is 0.604 bits per heavy atom. The number of ketones is 2. The van der Waals surface area contributed by atoms with Crippen LogP contribution in [0.15, 0.2) is 0 Å². The van der Waals surface area contributed by atoms with Crippen LogP contribution in [0.3, 0.4) is 0 Å². The van der Waals surface area contributed by atoms with Crippen molar-refractivity contribution in [2.45, 2.75) is 308 Å². The van der Waals surface area contributed by atoms with Crippen LogP contribution in [-0.2, 0) is 67.7 Å². The van der Waals surface area contributed by atoms with E-state index in [-0.39, 0.29) is 93.5 Å². The molecule has 13 atom stereocenters. The van der Waals surface area contributed by atoms with Crippen molar-refractivity contribution in [1.82, 2.24) is 56.6 Å². The van der Waals surface area contributed by atoms with Crippen LogP contribution in [0.2, 0.25) is 0 Å². The maximum Gasteiger partial charge on any atom is 0.315 e. The van der Waals surface area contributed by atoms with Crippen LogP contribution in [0.5, 0.6) is 0 Å². The Morgan fingerprint density at radius 2 is 1.05 bits per heavy atom. The number of Topliss-reactive ketones (excluding diaryl/α,β-unsaturated/α-hetero) is 2. The van der Waals surface area contributed by atoms with Gasteiger partial charge in [-0.15, -0.1) is 0 Å². The van der Waals surface area contributed by atoms with Crippen LogP contribution in [-0.4, -0.2) is 218 Å². The van der Waals surface area contributed by atoms with E-state index in [0.717, 1.165) is 51.4 Å². The first kappa shape index (κ1) is 82.8. The highest BCUT2D eigenvalue weighted by Crippen LogP contribution is 2.43. The second kappa shape index (κ2) is 36.0. The molecule has 4 aliphatic heterocycles. The minimum absolute atomic E-state index is 0.0363. The molecule has 0 aromatic heterocycles. The van der Waals surface area contributed by atoms with Crippen LogP contribution in [0.4, 0.5) is 9.59 Å². The number of sulfonamides is 1. The summed E-state index contributed by atoms with van der Waals surface area (Å²) < 4.78 is 67.9. The molecule has 574 valence electrons. The largest absolute Gasteiger partial charge is 0.376 e. The van der Waals surface area contributed by atoms with Gasteiger partial charge in [0.15, 0.2) is 9.84 Å². The van der Waals surface area contributed by atoms with Gasteiger partial charge in [0.2, 0.25) is 45.2 Å². The third-order valence-electron chi connectivity index (χ3n) is 22.5. The first-order chi connectivity index (χ1) is 47.4. The Labute approximate surface area is 601 Å². The van der Waals surface area contributed by atoms with Crippen LogP contribution in [0.1, 0.15) is 231 Å². The summed E-state index contributed by atoms with van der Waals surface area (Å²) in [5, 5.41) is 23.1. The van der Waals surface area contributed by atoms with Gasteiger partial charge in [-0.2, -0.15) is 0 Å². The van der Waals surface area contributed by atoms with E-state index in [2.05, 4.69) is 42.5 Å². The van der Waals surface area contributed by atoms with Crippen molar-refractivity contribution in [1.29, 1.82) is 0 Å². The van der Waals surface area contributed by atoms with Gasteiger partial charge >= 0.3 is 12.1 Å². The molecule has 3 saturated carbocycles. The fraction of sp³-hybridized carbons (Fsp3) is 0.861. The molecule has 0 radical (unpaired) electrons. The minimum atomic E-state index is -4.08. The van der Waals surface area contributed by atoms with Crippen molar-refractivity contribution >= 4 is 78.9 Å². The van der Waals surface area contributed by atoms with Gasteiger partial charge in [-0.25, -0.2) is 30.7 Å². The average molecular weight is 1460 g/mol. The predicted molar refractivity (Wildman–Crippen MR) is 383 cm³/mol. The lowest BCUT2D eigenvalue weighted by molar-refractivity contribution is -0.145. The standard InChI is InChI=1S/C72H123N11O16S2/c1-14-101(96,97)81(13)42-55(70(8,9)10)77-68(92)78-56-46(6)98-38-26-19-16-18-23-29-53(75-63(87)58-50(44(2)3)32-36-82(58)66(56)90)61(85)65(89)76-54-40-48(54)41-71(11,12)100(94,95)43-72(34-24-21-25-35-72)80-69(93)79-57-47(7)99-39-27-20-15-17-22-28-52(60(84)64(88)73-49-30-31-49)74-62(86)59-51(45(4)5)33-37-83(59)67(57)91/h44-59H,14-43H2,1-13H3,(H,73,88)(H,74,86)(H,75,87)(H,76,89)(H2,77,78,92)(H2,79,80,93)/t46-,47-,48?,50+,51+,52-,53-,54?,55+,56-,57-,58-,59-/m0/s1. The zero-order valence-electron chi connectivity index (χ0n) is 62.6. The summed E-state index contributed by atoms with van der Waals surface area (Å²) in [6.07, 6.45) is 11.1. The summed E-state index contributed by atoms with van der Waals surface area (Å²) in [5.74, 6) is -7.38. The van der Waals surface area contributed by atoms with E-state index >= 15 is 4.79 Å². The molecule has 0 bridgehead atoms. The van der Waals surface area contributed by atoms with E-state index in [0.29, 0.717) is 77.0 Å². The molecular formula is C72H123N11O16S2. The zero-order valence-corrected chi connectivity index (χ0v) is 64.3. The molecule has 8 N–H and O–H groups in total. The zero-order chi connectivity index (χ0) is 74.5. The summed E-state index contributed by atoms with van der Waals surface area (Å²) in [7, 11) is -6.24. The van der Waals surface area contributed by atoms with Gasteiger partial charge in [0.05, 0.1) is 46.1 Å². The highest BCUT2D eigenvalue weighted by molar-refractivity contribution is 7.92. The normalized spacial score (nSPS) is 29.3. The Bertz CT molecular complexity index is 3150. The van der Waals surface area contributed by atoms with Crippen molar-refractivity contribution in [2.75, 3.05) is 51.4 Å². The minimum Gasteiger partial charge on any atom is -0.376 e. The molecule has 101 heavy (non-hydrogen) atoms. The topological polar surface area (TPSA) is 363 Å². The Morgan fingerprint density at radius 3 is 1.50 bits per heavy atom. The van der Waals surface area contributed by atoms with Gasteiger partial charge in [0, 0.05) is 58.0 Å². The van der Waals surface area contributed by atoms with Crippen LogP contribution in [0.25, 0.3) is 0 Å². The molecule has 2 unspecified atom stereocenters. The molecular weight excluding hydrogens is 1340 g/mol. The lowest BCUT2D eigenvalue weighted by Gasteiger charge is -2.41. The van der Waals surface area contributed by atoms with Gasteiger partial charge < -0.3 is 61.8 Å². The number of likely N-dealkylation sites (N-methyl/N-ethyl adjacent to an activating group) is 1. The van der Waals surface area contributed by atoms with Gasteiger partial charge in [-0.1, -0.05) is 119 Å². The molecule has 27 nitrogen and oxygen atoms in total. The summed E-state index contributed by atoms with van der Waals surface area (Å²) in [6.45, 7) is 22.3. The SMILES string of the molecule is CCS(=O)(=O)N(C)C[C@@H](NC(=O)N[C@@H]1C(=O)N2CC[C@H](C(C)C)[C@H]2C(=O)N[C@H](C(=O)C(=O)NC2CC2CC(C)(C)S(=O)(=O)CC2(NC(=O)N[C@@H]3C(=O)N4CC[C@H](C(C)C)[C@H]4C(=O)N[C@H](C(=O)C(=O)NC4CC4)CCCCCCCO[C@H]3C)CCCCC2)CCCCCCCO[C@H]1C)C(C)(C)C. The van der Waals surface area contributed by atoms with E-state index < -0.39 is 161 Å². The van der Waals surface area contributed by atoms with Crippen molar-refractivity contribution in [2.24, 2.45) is 35.0 Å². The summed E-state index contributed by atoms with van der Waals surface area (Å²) >= 11 is 0. The Kier molecular flexibility index (Phi) is 29.5. The number of nitrogens with one attached hydrogen (secondary N) is 8. The molecule has 7 fully saturated rings. The quantitative estimate of drug-likeness (QED) is 0.0661. The van der Waals surface area contributed by atoms with Crippen molar-refractivity contribution < 1.29 is 74.3 Å². The lowest BCUT2D eigenvalue weighted by Crippen LogP contribution is -2.64. The Hall–Kier alpha value is -5.52. The number of hydrogen-bond donors (Lipinski definition) is 8. The maximum absolute atomic E-state index is 15.1. The van der Waals surface area contributed by atoms with Crippen molar-refractivity contribution in [3.63, 3.8) is 0 Å². The van der Waals surface area contributed by atoms with E-state index in [4.69, 9.17) is 9.47 Å². The molecule has 29 heteroatoms. The van der Waals surface area contributed by atoms with E-state index in [1.807, 2.05) is 48.5 Å². The van der Waals surface area contributed by atoms with Crippen LogP contribution >= 0.6 is 0 Å². The smallest absolute Gasteiger partial charge is 0.315 e. The second-order valence-electron chi connectivity index (χ2n) is 32.6. The number of ether oxygens (including phenoxy) is 2. The summed E-state index contributed by atoms with van der Waals surface area (Å²) in [4.78, 5) is 147. The number of hydrogen-bond acceptors (Lipinski definition) is 16. The number of amides is 10. The second-order valence-corrected chi connectivity index (χ2v) is 37.6. The number of fused-ring (bicyclic) bond motifs is 2. The van der Waals surface area contributed by atoms with Gasteiger partial charge in [0.1, 0.15) is 24.2 Å². The molecule has 4 saturated heterocycles. The van der Waals surface area contributed by atoms with Gasteiger partial charge in [0.25, 0.3) is 11.8 Å². The van der Waals surface area contributed by atoms with E-state index in [9.17, 15) is 60.0 Å². The van der Waals surface area contributed by atoms with Crippen molar-refractivity contribution in [3.8, 4) is 0 Å². The maximum atomic E-state index is 15.1. The third-order valence-corrected chi connectivity index (χ3v) is 27.1. The number of nitrogens with zero attached hydrogens (tertiary/aromatic N) is 3. The summed E-state index contributed by atoms with van der Waals surface area (Å²) in [5.41, 5.74) is -1.86. The van der Waals surface area contributed by atoms with Gasteiger partial charge in [-0.3, -0.25) is 38.4 Å². The predicted octanol–water partition coefficient (Wildman–Crippen LogP) is 5.46. The fourth-order valence-electron chi connectivity index (χ4n) is 15.5. The van der Waals surface area contributed by atoms with Gasteiger partial charge in [-0.05, 0) is 147 Å². The summed E-state index contributed by atoms with van der Waals surface area (Å²) in [6, 6.07) is -9.89. The molecule has 0 aromatic rings. The average Bonchev–Trinajstić information content (AvgIpc) is 1.74. The first-order valence-electron chi connectivity index (χ1n) is 37.9. The molecule has 4 heterocycles. The van der Waals surface area contributed by atoms with E-state index in [1.54, 1.807) is 27.7 Å². The van der Waals surface area contributed by atoms with Crippen molar-refractivity contribution in [3.05, 3.63) is 0 Å². The molecule has 0 spiro atoms. The Balaban J connectivity index is 1.02. The molecule has 3 aliphatic carbocycles. The van der Waals surface area contributed by atoms with Crippen LogP contribution < -0.4 is 42.5 Å². The van der Waals surface area contributed by atoms with E-state index in [1.165, 1.54) is 28.1 Å². The number of carbonyl (C=O) groups is 10. The first-order valence-corrected chi connectivity index (χ1v) is 41.1. The highest BCUT2D eigenvalue weighted by atomic mass is 32.2. The van der Waals surface area contributed by atoms with Crippen LogP contribution in [0, 0.1) is 35.0 Å². The number of carbonyl (C=O) groups excluding carboxylic acids is 10. The fourth-order valence-corrected chi connectivity index (χ4v) is 18.2. The third kappa shape index (κ3) is 22.5. The lowest BCUT2D eigenvalue weighted by atomic mass is 9.83. The molecule has 7 aliphatic rings. The molecule has 10 amide bonds. The number of urea groups is 2. The number of rotatable bonds is 21. The number of sulfone groups is 1. The monoisotopic (exact) mass is 1460 g/mol.